The van der Waals surface area contributed by atoms with E-state index in [4.69, 9.17) is 15.4 Å². The highest BCUT2D eigenvalue weighted by molar-refractivity contribution is 6.40. The van der Waals surface area contributed by atoms with Gasteiger partial charge in [0.1, 0.15) is 12.3 Å². The highest BCUT2D eigenvalue weighted by Gasteiger charge is 2.08. The van der Waals surface area contributed by atoms with E-state index >= 15 is 0 Å². The van der Waals surface area contributed by atoms with Crippen LogP contribution in [0.1, 0.15) is 6.42 Å². The summed E-state index contributed by atoms with van der Waals surface area (Å²) in [5, 5.41) is 27.2. The smallest absolute Gasteiger partial charge is 0.205 e. The average Bonchev–Trinajstić information content (AvgIpc) is 1.99. The molecule has 0 aliphatic rings. The Hall–Kier alpha value is -0.940. The van der Waals surface area contributed by atoms with Crippen LogP contribution in [0, 0.1) is 0 Å². The van der Waals surface area contributed by atoms with Gasteiger partial charge < -0.3 is 15.4 Å². The van der Waals surface area contributed by atoms with Crippen LogP contribution in [0.3, 0.4) is 0 Å². The molecule has 0 unspecified atom stereocenters. The predicted octanol–water partition coefficient (Wildman–Crippen LogP) is -1.24. The number of carbonyl (C=O) groups excluding carboxylic acids is 1. The summed E-state index contributed by atoms with van der Waals surface area (Å²) in [7, 11) is 0. The van der Waals surface area contributed by atoms with Crippen LogP contribution in [-0.4, -0.2) is 40.1 Å². The summed E-state index contributed by atoms with van der Waals surface area (Å²) >= 11 is 0. The SMILES string of the molecule is O=C(CO)C(CCO)=NO. The Morgan fingerprint density at radius 1 is 1.40 bits per heavy atom. The van der Waals surface area contributed by atoms with Crippen LogP contribution in [0.2, 0.25) is 0 Å². The zero-order chi connectivity index (χ0) is 7.98. The average molecular weight is 147 g/mol. The van der Waals surface area contributed by atoms with E-state index in [2.05, 4.69) is 5.16 Å². The zero-order valence-corrected chi connectivity index (χ0v) is 5.32. The van der Waals surface area contributed by atoms with Crippen molar-refractivity contribution in [3.8, 4) is 0 Å². The monoisotopic (exact) mass is 147 g/mol. The molecule has 0 aromatic rings. The van der Waals surface area contributed by atoms with E-state index in [9.17, 15) is 4.79 Å². The van der Waals surface area contributed by atoms with E-state index in [1.165, 1.54) is 0 Å². The van der Waals surface area contributed by atoms with Crippen molar-refractivity contribution in [3.63, 3.8) is 0 Å². The molecule has 0 heterocycles. The van der Waals surface area contributed by atoms with Crippen LogP contribution >= 0.6 is 0 Å². The molecule has 3 N–H and O–H groups in total. The van der Waals surface area contributed by atoms with Gasteiger partial charge in [-0.1, -0.05) is 5.16 Å². The first-order chi connectivity index (χ1) is 4.76. The first-order valence-electron chi connectivity index (χ1n) is 2.72. The van der Waals surface area contributed by atoms with Gasteiger partial charge in [-0.15, -0.1) is 0 Å². The molecule has 0 aromatic carbocycles. The van der Waals surface area contributed by atoms with Gasteiger partial charge in [-0.2, -0.15) is 0 Å². The van der Waals surface area contributed by atoms with Gasteiger partial charge in [-0.05, 0) is 0 Å². The van der Waals surface area contributed by atoms with Crippen molar-refractivity contribution in [2.75, 3.05) is 13.2 Å². The molecule has 0 aliphatic heterocycles. The van der Waals surface area contributed by atoms with Gasteiger partial charge in [-0.3, -0.25) is 4.79 Å². The number of rotatable bonds is 4. The maximum Gasteiger partial charge on any atom is 0.205 e. The summed E-state index contributed by atoms with van der Waals surface area (Å²) in [6.07, 6.45) is -0.0319. The number of aliphatic hydroxyl groups excluding tert-OH is 2. The van der Waals surface area contributed by atoms with Crippen LogP contribution in [0.25, 0.3) is 0 Å². The lowest BCUT2D eigenvalue weighted by Gasteiger charge is -1.95. The molecule has 0 rings (SSSR count). The van der Waals surface area contributed by atoms with Gasteiger partial charge in [0.25, 0.3) is 0 Å². The maximum atomic E-state index is 10.5. The minimum Gasteiger partial charge on any atom is -0.411 e. The molecule has 0 atom stereocenters. The summed E-state index contributed by atoms with van der Waals surface area (Å²) in [5.41, 5.74) is -0.204. The number of aliphatic hydroxyl groups is 2. The van der Waals surface area contributed by atoms with Gasteiger partial charge in [0.05, 0.1) is 0 Å². The Morgan fingerprint density at radius 3 is 2.30 bits per heavy atom. The molecular weight excluding hydrogens is 138 g/mol. The fourth-order valence-corrected chi connectivity index (χ4v) is 0.442. The summed E-state index contributed by atoms with van der Waals surface area (Å²) < 4.78 is 0. The van der Waals surface area contributed by atoms with E-state index in [-0.39, 0.29) is 18.7 Å². The molecule has 0 saturated carbocycles. The zero-order valence-electron chi connectivity index (χ0n) is 5.32. The van der Waals surface area contributed by atoms with E-state index in [1.54, 1.807) is 0 Å². The van der Waals surface area contributed by atoms with Crippen LogP contribution in [0.4, 0.5) is 0 Å². The van der Waals surface area contributed by atoms with Crippen LogP contribution in [-0.2, 0) is 4.79 Å². The second-order valence-corrected chi connectivity index (χ2v) is 1.60. The lowest BCUT2D eigenvalue weighted by Crippen LogP contribution is -2.18. The van der Waals surface area contributed by atoms with Crippen molar-refractivity contribution in [2.24, 2.45) is 5.16 Å². The number of hydrogen-bond acceptors (Lipinski definition) is 5. The third-order valence-corrected chi connectivity index (χ3v) is 0.935. The standard InChI is InChI=1S/C5H9NO4/c7-2-1-4(6-10)5(9)3-8/h7-8,10H,1-3H2. The van der Waals surface area contributed by atoms with Crippen LogP contribution in [0.15, 0.2) is 5.16 Å². The summed E-state index contributed by atoms with van der Waals surface area (Å²) in [5.74, 6) is -0.670. The number of ketones is 1. The Bertz CT molecular complexity index is 143. The first-order valence-corrected chi connectivity index (χ1v) is 2.72. The van der Waals surface area contributed by atoms with E-state index in [0.29, 0.717) is 0 Å². The molecule has 0 bridgehead atoms. The Balaban J connectivity index is 3.95. The Kier molecular flexibility index (Phi) is 4.43. The number of carbonyl (C=O) groups is 1. The molecule has 0 aliphatic carbocycles. The van der Waals surface area contributed by atoms with Gasteiger partial charge in [0, 0.05) is 13.0 Å². The fourth-order valence-electron chi connectivity index (χ4n) is 0.442. The van der Waals surface area contributed by atoms with E-state index in [1.807, 2.05) is 0 Å². The molecule has 10 heavy (non-hydrogen) atoms. The molecule has 0 amide bonds. The molecule has 0 radical (unpaired) electrons. The molecule has 0 fully saturated rings. The summed E-state index contributed by atoms with van der Waals surface area (Å²) in [6, 6.07) is 0. The number of Topliss-reactive ketones (excluding diaryl/α,β-unsaturated/α-hetero) is 1. The van der Waals surface area contributed by atoms with Gasteiger partial charge >= 0.3 is 0 Å². The van der Waals surface area contributed by atoms with Crippen molar-refractivity contribution in [3.05, 3.63) is 0 Å². The molecule has 5 nitrogen and oxygen atoms in total. The van der Waals surface area contributed by atoms with Crippen molar-refractivity contribution in [2.45, 2.75) is 6.42 Å². The lowest BCUT2D eigenvalue weighted by molar-refractivity contribution is -0.115. The third kappa shape index (κ3) is 2.56. The van der Waals surface area contributed by atoms with Gasteiger partial charge in [-0.25, -0.2) is 0 Å². The van der Waals surface area contributed by atoms with Crippen molar-refractivity contribution in [1.29, 1.82) is 0 Å². The highest BCUT2D eigenvalue weighted by atomic mass is 16.4. The minimum atomic E-state index is -0.695. The molecule has 0 saturated heterocycles. The molecule has 0 aromatic heterocycles. The summed E-state index contributed by atoms with van der Waals surface area (Å²) in [4.78, 5) is 10.5. The molecule has 0 spiro atoms. The van der Waals surface area contributed by atoms with E-state index < -0.39 is 12.4 Å². The maximum absolute atomic E-state index is 10.5. The molecule has 5 heteroatoms. The lowest BCUT2D eigenvalue weighted by atomic mass is 10.2. The number of hydrogen-bond donors (Lipinski definition) is 3. The minimum absolute atomic E-state index is 0.0319. The van der Waals surface area contributed by atoms with Crippen LogP contribution in [0.5, 0.6) is 0 Å². The van der Waals surface area contributed by atoms with Gasteiger partial charge in [0.15, 0.2) is 0 Å². The Morgan fingerprint density at radius 2 is 2.00 bits per heavy atom. The normalized spacial score (nSPS) is 11.6. The van der Waals surface area contributed by atoms with Crippen LogP contribution < -0.4 is 0 Å². The predicted molar refractivity (Wildman–Crippen MR) is 33.0 cm³/mol. The number of nitrogens with zero attached hydrogens (tertiary/aromatic N) is 1. The first kappa shape index (κ1) is 9.06. The van der Waals surface area contributed by atoms with Crippen molar-refractivity contribution < 1.29 is 20.2 Å². The molecular formula is C5H9NO4. The quantitative estimate of drug-likeness (QED) is 0.263. The topological polar surface area (TPSA) is 90.1 Å². The second-order valence-electron chi connectivity index (χ2n) is 1.60. The second kappa shape index (κ2) is 4.89. The Labute approximate surface area is 57.6 Å². The number of oxime groups is 1. The third-order valence-electron chi connectivity index (χ3n) is 0.935. The van der Waals surface area contributed by atoms with Crippen molar-refractivity contribution in [1.82, 2.24) is 0 Å². The summed E-state index contributed by atoms with van der Waals surface area (Å²) in [6.45, 7) is -0.968. The fraction of sp³-hybridized carbons (Fsp3) is 0.600. The molecule has 58 valence electrons. The van der Waals surface area contributed by atoms with Crippen molar-refractivity contribution >= 4 is 11.5 Å². The van der Waals surface area contributed by atoms with Gasteiger partial charge in [0.2, 0.25) is 5.78 Å². The van der Waals surface area contributed by atoms with E-state index in [0.717, 1.165) is 0 Å². The largest absolute Gasteiger partial charge is 0.411 e. The highest BCUT2D eigenvalue weighted by Crippen LogP contribution is 1.86.